The number of ether oxygens (including phenoxy) is 1. The average molecular weight is 181 g/mol. The molecule has 0 radical (unpaired) electrons. The van der Waals surface area contributed by atoms with Crippen molar-refractivity contribution in [3.63, 3.8) is 0 Å². The van der Waals surface area contributed by atoms with Gasteiger partial charge in [0.25, 0.3) is 0 Å². The molecule has 1 aliphatic heterocycles. The van der Waals surface area contributed by atoms with Crippen LogP contribution in [0.3, 0.4) is 0 Å². The normalized spacial score (nSPS) is 18.6. The van der Waals surface area contributed by atoms with Crippen LogP contribution in [-0.2, 0) is 0 Å². The van der Waals surface area contributed by atoms with Crippen LogP contribution in [0, 0.1) is 0 Å². The number of benzene rings is 1. The number of rotatable bonds is 0. The van der Waals surface area contributed by atoms with E-state index in [1.807, 2.05) is 24.3 Å². The van der Waals surface area contributed by atoms with Crippen molar-refractivity contribution in [2.45, 2.75) is 6.42 Å². The van der Waals surface area contributed by atoms with Gasteiger partial charge in [0.05, 0.1) is 6.61 Å². The summed E-state index contributed by atoms with van der Waals surface area (Å²) in [5.74, 6) is 0.940. The molecule has 0 amide bonds. The molecule has 0 saturated carbocycles. The molecule has 0 aromatic heterocycles. The van der Waals surface area contributed by atoms with E-state index < -0.39 is 0 Å². The highest BCUT2D eigenvalue weighted by atomic mass is 35.5. The monoisotopic (exact) mass is 180 g/mol. The Morgan fingerprint density at radius 1 is 1.33 bits per heavy atom. The molecule has 12 heavy (non-hydrogen) atoms. The van der Waals surface area contributed by atoms with Crippen molar-refractivity contribution < 1.29 is 4.74 Å². The molecule has 2 heteroatoms. The number of hydrogen-bond acceptors (Lipinski definition) is 1. The first-order valence-electron chi connectivity index (χ1n) is 3.93. The summed E-state index contributed by atoms with van der Waals surface area (Å²) in [6, 6.07) is 7.96. The van der Waals surface area contributed by atoms with Crippen molar-refractivity contribution in [3.05, 3.63) is 35.4 Å². The first-order chi connectivity index (χ1) is 5.92. The summed E-state index contributed by atoms with van der Waals surface area (Å²) in [6.07, 6.45) is 0.903. The lowest BCUT2D eigenvalue weighted by atomic mass is 10.0. The van der Waals surface area contributed by atoms with Gasteiger partial charge in [-0.1, -0.05) is 29.8 Å². The Morgan fingerprint density at radius 3 is 3.00 bits per heavy atom. The van der Waals surface area contributed by atoms with Gasteiger partial charge in [0, 0.05) is 17.5 Å². The minimum Gasteiger partial charge on any atom is -0.493 e. The minimum atomic E-state index is 0.732. The summed E-state index contributed by atoms with van der Waals surface area (Å²) in [5.41, 5.74) is 3.93. The predicted molar refractivity (Wildman–Crippen MR) is 50.4 cm³/mol. The standard InChI is InChI=1S/C10H9ClO/c11-7-8-5-6-12-10-4-2-1-3-9(8)10/h1-4,7H,5-6H2/b8-7-. The van der Waals surface area contributed by atoms with Crippen LogP contribution in [-0.4, -0.2) is 6.61 Å². The Hall–Kier alpha value is -0.950. The average Bonchev–Trinajstić information content (AvgIpc) is 2.17. The SMILES string of the molecule is Cl/C=C1/CCOc2ccccc21. The minimum absolute atomic E-state index is 0.732. The quantitative estimate of drug-likeness (QED) is 0.596. The molecule has 0 fully saturated rings. The smallest absolute Gasteiger partial charge is 0.126 e. The lowest BCUT2D eigenvalue weighted by molar-refractivity contribution is 0.316. The first-order valence-corrected chi connectivity index (χ1v) is 4.37. The summed E-state index contributed by atoms with van der Waals surface area (Å²) in [4.78, 5) is 0. The van der Waals surface area contributed by atoms with E-state index in [9.17, 15) is 0 Å². The van der Waals surface area contributed by atoms with Crippen molar-refractivity contribution in [3.8, 4) is 5.75 Å². The van der Waals surface area contributed by atoms with E-state index in [0.717, 1.165) is 24.3 Å². The third-order valence-electron chi connectivity index (χ3n) is 1.99. The van der Waals surface area contributed by atoms with Gasteiger partial charge in [-0.05, 0) is 11.6 Å². The molecule has 1 aromatic carbocycles. The first kappa shape index (κ1) is 7.69. The van der Waals surface area contributed by atoms with Gasteiger partial charge < -0.3 is 4.74 Å². The third-order valence-corrected chi connectivity index (χ3v) is 2.26. The summed E-state index contributed by atoms with van der Waals surface area (Å²) in [7, 11) is 0. The van der Waals surface area contributed by atoms with Crippen LogP contribution in [0.25, 0.3) is 5.57 Å². The fourth-order valence-corrected chi connectivity index (χ4v) is 1.60. The van der Waals surface area contributed by atoms with E-state index >= 15 is 0 Å². The van der Waals surface area contributed by atoms with Crippen molar-refractivity contribution in [2.24, 2.45) is 0 Å². The number of halogens is 1. The summed E-state index contributed by atoms with van der Waals surface area (Å²) in [6.45, 7) is 0.732. The Labute approximate surface area is 76.6 Å². The number of hydrogen-bond donors (Lipinski definition) is 0. The van der Waals surface area contributed by atoms with Gasteiger partial charge in [-0.15, -0.1) is 0 Å². The molecule has 1 nitrogen and oxygen atoms in total. The van der Waals surface area contributed by atoms with Crippen molar-refractivity contribution in [1.82, 2.24) is 0 Å². The second-order valence-corrected chi connectivity index (χ2v) is 2.95. The van der Waals surface area contributed by atoms with Crippen LogP contribution >= 0.6 is 11.6 Å². The lowest BCUT2D eigenvalue weighted by Crippen LogP contribution is -2.06. The van der Waals surface area contributed by atoms with Crippen LogP contribution in [0.5, 0.6) is 5.75 Å². The van der Waals surface area contributed by atoms with Gasteiger partial charge in [-0.2, -0.15) is 0 Å². The molecule has 0 N–H and O–H groups in total. The molecule has 0 bridgehead atoms. The molecule has 1 aromatic rings. The van der Waals surface area contributed by atoms with Crippen molar-refractivity contribution in [2.75, 3.05) is 6.61 Å². The van der Waals surface area contributed by atoms with Gasteiger partial charge in [0.2, 0.25) is 0 Å². The summed E-state index contributed by atoms with van der Waals surface area (Å²) < 4.78 is 5.46. The Kier molecular flexibility index (Phi) is 2.05. The van der Waals surface area contributed by atoms with Gasteiger partial charge >= 0.3 is 0 Å². The summed E-state index contributed by atoms with van der Waals surface area (Å²) >= 11 is 5.69. The predicted octanol–water partition coefficient (Wildman–Crippen LogP) is 3.05. The zero-order valence-electron chi connectivity index (χ0n) is 6.59. The van der Waals surface area contributed by atoms with E-state index in [2.05, 4.69) is 0 Å². The second kappa shape index (κ2) is 3.20. The molecule has 2 rings (SSSR count). The Morgan fingerprint density at radius 2 is 2.17 bits per heavy atom. The van der Waals surface area contributed by atoms with E-state index in [1.165, 1.54) is 5.57 Å². The maximum absolute atomic E-state index is 5.69. The number of para-hydroxylation sites is 1. The van der Waals surface area contributed by atoms with Crippen LogP contribution < -0.4 is 4.74 Å². The van der Waals surface area contributed by atoms with Gasteiger partial charge in [-0.3, -0.25) is 0 Å². The largest absolute Gasteiger partial charge is 0.493 e. The molecule has 1 aliphatic rings. The zero-order chi connectivity index (χ0) is 8.39. The highest BCUT2D eigenvalue weighted by Crippen LogP contribution is 2.32. The van der Waals surface area contributed by atoms with Crippen LogP contribution in [0.1, 0.15) is 12.0 Å². The third kappa shape index (κ3) is 1.21. The Balaban J connectivity index is 2.51. The number of fused-ring (bicyclic) bond motifs is 1. The highest BCUT2D eigenvalue weighted by molar-refractivity contribution is 6.28. The van der Waals surface area contributed by atoms with Crippen molar-refractivity contribution in [1.29, 1.82) is 0 Å². The Bertz CT molecular complexity index is 317. The zero-order valence-corrected chi connectivity index (χ0v) is 7.34. The van der Waals surface area contributed by atoms with Crippen LogP contribution in [0.2, 0.25) is 0 Å². The molecule has 0 atom stereocenters. The van der Waals surface area contributed by atoms with E-state index in [4.69, 9.17) is 16.3 Å². The van der Waals surface area contributed by atoms with Crippen molar-refractivity contribution >= 4 is 17.2 Å². The topological polar surface area (TPSA) is 9.23 Å². The van der Waals surface area contributed by atoms with E-state index in [1.54, 1.807) is 5.54 Å². The summed E-state index contributed by atoms with van der Waals surface area (Å²) in [5, 5.41) is 0. The second-order valence-electron chi connectivity index (χ2n) is 2.73. The fourth-order valence-electron chi connectivity index (χ4n) is 1.38. The van der Waals surface area contributed by atoms with E-state index in [0.29, 0.717) is 0 Å². The highest BCUT2D eigenvalue weighted by Gasteiger charge is 2.13. The van der Waals surface area contributed by atoms with Gasteiger partial charge in [-0.25, -0.2) is 0 Å². The van der Waals surface area contributed by atoms with E-state index in [-0.39, 0.29) is 0 Å². The maximum Gasteiger partial charge on any atom is 0.126 e. The maximum atomic E-state index is 5.69. The molecule has 1 heterocycles. The molecule has 0 spiro atoms. The molecule has 0 saturated heterocycles. The van der Waals surface area contributed by atoms with Crippen LogP contribution in [0.15, 0.2) is 29.8 Å². The fraction of sp³-hybridized carbons (Fsp3) is 0.200. The lowest BCUT2D eigenvalue weighted by Gasteiger charge is -2.18. The molecule has 0 unspecified atom stereocenters. The molecular formula is C10H9ClO. The molecule has 0 aliphatic carbocycles. The van der Waals surface area contributed by atoms with Gasteiger partial charge in [0.1, 0.15) is 5.75 Å². The van der Waals surface area contributed by atoms with Crippen LogP contribution in [0.4, 0.5) is 0 Å². The molecule has 62 valence electrons. The molecular weight excluding hydrogens is 172 g/mol. The van der Waals surface area contributed by atoms with Gasteiger partial charge in [0.15, 0.2) is 0 Å².